The normalized spacial score (nSPS) is 13.2. The summed E-state index contributed by atoms with van der Waals surface area (Å²) in [5.74, 6) is 2.10. The SMILES string of the molecule is Cc1c(COc2cc(OCc3cncc(C#N)c3)c(CNCCN3CCOCC3)cc2Cl)cccc1-c1cccc(OCCCBr)c1C. The Balaban J connectivity index is 1.32. The summed E-state index contributed by atoms with van der Waals surface area (Å²) in [6.07, 6.45) is 4.19. The van der Waals surface area contributed by atoms with Crippen LogP contribution < -0.4 is 19.5 Å². The topological polar surface area (TPSA) is 88.9 Å². The van der Waals surface area contributed by atoms with Gasteiger partial charge in [-0.2, -0.15) is 5.26 Å². The number of morpholine rings is 1. The van der Waals surface area contributed by atoms with Crippen LogP contribution in [0.1, 0.15) is 39.8 Å². The second-order valence-electron chi connectivity index (χ2n) is 11.7. The highest BCUT2D eigenvalue weighted by molar-refractivity contribution is 9.09. The first-order valence-corrected chi connectivity index (χ1v) is 17.8. The number of nitriles is 1. The molecule has 1 saturated heterocycles. The summed E-state index contributed by atoms with van der Waals surface area (Å²) in [5.41, 5.74) is 7.80. The fraction of sp³-hybridized carbons (Fsp3) is 0.368. The number of alkyl halides is 1. The van der Waals surface area contributed by atoms with Gasteiger partial charge in [-0.3, -0.25) is 9.88 Å². The Bertz CT molecular complexity index is 1710. The molecule has 1 aromatic heterocycles. The highest BCUT2D eigenvalue weighted by Gasteiger charge is 2.16. The van der Waals surface area contributed by atoms with Crippen LogP contribution in [0.2, 0.25) is 5.02 Å². The van der Waals surface area contributed by atoms with Gasteiger partial charge in [0.05, 0.1) is 30.4 Å². The minimum Gasteiger partial charge on any atom is -0.493 e. The van der Waals surface area contributed by atoms with E-state index in [9.17, 15) is 5.26 Å². The fourth-order valence-electron chi connectivity index (χ4n) is 5.62. The van der Waals surface area contributed by atoms with Gasteiger partial charge in [0.25, 0.3) is 0 Å². The minimum atomic E-state index is 0.254. The molecule has 0 radical (unpaired) electrons. The van der Waals surface area contributed by atoms with E-state index in [0.29, 0.717) is 41.8 Å². The summed E-state index contributed by atoms with van der Waals surface area (Å²) in [5, 5.41) is 14.3. The number of benzene rings is 3. The van der Waals surface area contributed by atoms with Gasteiger partial charge in [-0.15, -0.1) is 0 Å². The minimum absolute atomic E-state index is 0.254. The molecule has 0 bridgehead atoms. The van der Waals surface area contributed by atoms with Crippen molar-refractivity contribution in [3.63, 3.8) is 0 Å². The van der Waals surface area contributed by atoms with E-state index in [1.54, 1.807) is 12.3 Å². The Morgan fingerprint density at radius 1 is 0.917 bits per heavy atom. The zero-order chi connectivity index (χ0) is 33.7. The molecule has 0 atom stereocenters. The van der Waals surface area contributed by atoms with Crippen molar-refractivity contribution in [2.75, 3.05) is 51.3 Å². The van der Waals surface area contributed by atoms with Crippen LogP contribution in [-0.2, 0) is 24.5 Å². The third-order valence-corrected chi connectivity index (χ3v) is 9.25. The van der Waals surface area contributed by atoms with Crippen LogP contribution in [0.3, 0.4) is 0 Å². The van der Waals surface area contributed by atoms with Gasteiger partial charge in [0, 0.05) is 67.6 Å². The van der Waals surface area contributed by atoms with Crippen molar-refractivity contribution in [1.29, 1.82) is 5.26 Å². The van der Waals surface area contributed by atoms with Gasteiger partial charge in [0.2, 0.25) is 0 Å². The molecule has 1 aliphatic rings. The molecular formula is C38H42BrClN4O4. The van der Waals surface area contributed by atoms with E-state index < -0.39 is 0 Å². The molecule has 1 N–H and O–H groups in total. The Morgan fingerprint density at radius 2 is 1.69 bits per heavy atom. The van der Waals surface area contributed by atoms with Crippen LogP contribution in [0.15, 0.2) is 67.0 Å². The monoisotopic (exact) mass is 732 g/mol. The molecule has 252 valence electrons. The maximum atomic E-state index is 9.31. The highest BCUT2D eigenvalue weighted by atomic mass is 79.9. The molecule has 5 rings (SSSR count). The third-order valence-electron chi connectivity index (χ3n) is 8.40. The van der Waals surface area contributed by atoms with Gasteiger partial charge in [0.1, 0.15) is 36.5 Å². The van der Waals surface area contributed by atoms with Crippen LogP contribution in [0.25, 0.3) is 11.1 Å². The predicted molar refractivity (Wildman–Crippen MR) is 193 cm³/mol. The molecule has 1 fully saturated rings. The van der Waals surface area contributed by atoms with Crippen molar-refractivity contribution in [2.45, 2.75) is 40.0 Å². The molecule has 0 unspecified atom stereocenters. The van der Waals surface area contributed by atoms with Crippen molar-refractivity contribution in [3.8, 4) is 34.4 Å². The van der Waals surface area contributed by atoms with Gasteiger partial charge in [-0.1, -0.05) is 57.9 Å². The van der Waals surface area contributed by atoms with E-state index in [4.69, 9.17) is 30.5 Å². The molecule has 48 heavy (non-hydrogen) atoms. The first-order valence-electron chi connectivity index (χ1n) is 16.3. The molecule has 10 heteroatoms. The van der Waals surface area contributed by atoms with Crippen molar-refractivity contribution in [3.05, 3.63) is 105 Å². The standard InChI is InChI=1S/C38H42BrClN4O4/c1-27-31(6-3-7-33(27)34-8-4-9-36(28(34)2)46-15-5-10-39)26-48-38-20-37(47-25-30-18-29(21-41)22-43-23-30)32(19-35(38)40)24-42-11-12-44-13-16-45-17-14-44/h3-4,6-9,18-20,22-23,42H,5,10-17,24-26H2,1-2H3. The predicted octanol–water partition coefficient (Wildman–Crippen LogP) is 7.63. The zero-order valence-electron chi connectivity index (χ0n) is 27.6. The van der Waals surface area contributed by atoms with Crippen LogP contribution in [-0.4, -0.2) is 61.2 Å². The summed E-state index contributed by atoms with van der Waals surface area (Å²) < 4.78 is 24.2. The quantitative estimate of drug-likeness (QED) is 0.0930. The van der Waals surface area contributed by atoms with Crippen LogP contribution in [0.4, 0.5) is 0 Å². The van der Waals surface area contributed by atoms with E-state index in [1.165, 1.54) is 6.20 Å². The smallest absolute Gasteiger partial charge is 0.142 e. The Labute approximate surface area is 297 Å². The molecule has 0 saturated carbocycles. The van der Waals surface area contributed by atoms with Gasteiger partial charge < -0.3 is 24.3 Å². The number of nitrogens with one attached hydrogen (secondary N) is 1. The second kappa shape index (κ2) is 18.2. The number of ether oxygens (including phenoxy) is 4. The van der Waals surface area contributed by atoms with Gasteiger partial charge in [-0.25, -0.2) is 0 Å². The second-order valence-corrected chi connectivity index (χ2v) is 12.9. The number of pyridine rings is 1. The zero-order valence-corrected chi connectivity index (χ0v) is 29.9. The Kier molecular flexibility index (Phi) is 13.5. The lowest BCUT2D eigenvalue weighted by atomic mass is 9.93. The van der Waals surface area contributed by atoms with E-state index in [2.05, 4.69) is 75.3 Å². The number of hydrogen-bond acceptors (Lipinski definition) is 8. The summed E-state index contributed by atoms with van der Waals surface area (Å²) >= 11 is 10.3. The largest absolute Gasteiger partial charge is 0.493 e. The lowest BCUT2D eigenvalue weighted by Crippen LogP contribution is -2.40. The van der Waals surface area contributed by atoms with Crippen molar-refractivity contribution >= 4 is 27.5 Å². The molecular weight excluding hydrogens is 692 g/mol. The summed E-state index contributed by atoms with van der Waals surface area (Å²) in [6, 6.07) is 20.2. The number of aromatic nitrogens is 1. The molecule has 0 amide bonds. The molecule has 1 aliphatic heterocycles. The van der Waals surface area contributed by atoms with Gasteiger partial charge >= 0.3 is 0 Å². The van der Waals surface area contributed by atoms with Crippen LogP contribution in [0, 0.1) is 25.2 Å². The maximum absolute atomic E-state index is 9.31. The van der Waals surface area contributed by atoms with Crippen LogP contribution >= 0.6 is 27.5 Å². The molecule has 3 aromatic carbocycles. The van der Waals surface area contributed by atoms with Gasteiger partial charge in [-0.05, 0) is 66.3 Å². The number of hydrogen-bond donors (Lipinski definition) is 1. The fourth-order valence-corrected chi connectivity index (χ4v) is 6.09. The number of nitrogens with zero attached hydrogens (tertiary/aromatic N) is 3. The molecule has 2 heterocycles. The maximum Gasteiger partial charge on any atom is 0.142 e. The first-order chi connectivity index (χ1) is 23.5. The first kappa shape index (κ1) is 35.7. The third kappa shape index (κ3) is 9.71. The molecule has 0 aliphatic carbocycles. The molecule has 0 spiro atoms. The lowest BCUT2D eigenvalue weighted by Gasteiger charge is -2.26. The molecule has 8 nitrogen and oxygen atoms in total. The van der Waals surface area contributed by atoms with Crippen molar-refractivity contribution < 1.29 is 18.9 Å². The average molecular weight is 734 g/mol. The summed E-state index contributed by atoms with van der Waals surface area (Å²) in [4.78, 5) is 6.56. The van der Waals surface area contributed by atoms with E-state index in [1.807, 2.05) is 24.3 Å². The lowest BCUT2D eigenvalue weighted by molar-refractivity contribution is 0.0384. The molecule has 4 aromatic rings. The van der Waals surface area contributed by atoms with Crippen LogP contribution in [0.5, 0.6) is 17.2 Å². The van der Waals surface area contributed by atoms with Gasteiger partial charge in [0.15, 0.2) is 0 Å². The van der Waals surface area contributed by atoms with E-state index in [-0.39, 0.29) is 6.61 Å². The number of halogens is 2. The average Bonchev–Trinajstić information content (AvgIpc) is 3.11. The van der Waals surface area contributed by atoms with E-state index in [0.717, 1.165) is 95.8 Å². The Morgan fingerprint density at radius 3 is 2.48 bits per heavy atom. The number of rotatable bonds is 16. The van der Waals surface area contributed by atoms with Crippen molar-refractivity contribution in [1.82, 2.24) is 15.2 Å². The van der Waals surface area contributed by atoms with E-state index >= 15 is 0 Å². The highest BCUT2D eigenvalue weighted by Crippen LogP contribution is 2.36. The summed E-state index contributed by atoms with van der Waals surface area (Å²) in [7, 11) is 0. The van der Waals surface area contributed by atoms with Crippen molar-refractivity contribution in [2.24, 2.45) is 0 Å². The summed E-state index contributed by atoms with van der Waals surface area (Å²) in [6.45, 7) is 11.3. The Hall–Kier alpha value is -3.65.